The van der Waals surface area contributed by atoms with Crippen LogP contribution in [-0.2, 0) is 27.2 Å². The number of rotatable bonds is 6. The number of nitrogens with one attached hydrogen (secondary N) is 2. The molecule has 0 bridgehead atoms. The summed E-state index contributed by atoms with van der Waals surface area (Å²) < 4.78 is 14.7. The molecular weight excluding hydrogens is 469 g/mol. The van der Waals surface area contributed by atoms with Crippen molar-refractivity contribution in [1.82, 2.24) is 15.5 Å². The predicted molar refractivity (Wildman–Crippen MR) is 141 cm³/mol. The predicted octanol–water partition coefficient (Wildman–Crippen LogP) is 4.25. The molecule has 1 aliphatic heterocycles. The standard InChI is InChI=1S/C30H38FN3O3/c1-17(2)13-24-27(35)32-25(22-14-19-9-7-8-10-20(19)15-22)29(37)34(24)26(28(36)33-30(4,5)6)21-12-11-18(3)23(31)16-21/h7-12,16-17,22,24-26H,13-15H2,1-6H3,(H,32,35)(H,33,36)/t24-,25-,26-/m1/s1. The van der Waals surface area contributed by atoms with Gasteiger partial charge in [0.1, 0.15) is 23.9 Å². The van der Waals surface area contributed by atoms with E-state index in [0.29, 0.717) is 30.4 Å². The van der Waals surface area contributed by atoms with Gasteiger partial charge in [0, 0.05) is 5.54 Å². The highest BCUT2D eigenvalue weighted by Gasteiger charge is 2.49. The Hall–Kier alpha value is -3.22. The monoisotopic (exact) mass is 507 g/mol. The summed E-state index contributed by atoms with van der Waals surface area (Å²) in [6.07, 6.45) is 1.74. The van der Waals surface area contributed by atoms with Crippen molar-refractivity contribution >= 4 is 17.7 Å². The van der Waals surface area contributed by atoms with Crippen LogP contribution in [0.3, 0.4) is 0 Å². The molecule has 2 aromatic carbocycles. The van der Waals surface area contributed by atoms with Crippen molar-refractivity contribution in [2.45, 2.75) is 84.5 Å². The van der Waals surface area contributed by atoms with Crippen LogP contribution in [0.4, 0.5) is 4.39 Å². The van der Waals surface area contributed by atoms with Gasteiger partial charge in [0.2, 0.25) is 17.7 Å². The first-order valence-corrected chi connectivity index (χ1v) is 13.1. The largest absolute Gasteiger partial charge is 0.349 e. The molecule has 2 aliphatic rings. The maximum atomic E-state index is 14.7. The first kappa shape index (κ1) is 26.8. The van der Waals surface area contributed by atoms with Gasteiger partial charge in [-0.1, -0.05) is 50.2 Å². The van der Waals surface area contributed by atoms with Gasteiger partial charge in [-0.25, -0.2) is 4.39 Å². The lowest BCUT2D eigenvalue weighted by molar-refractivity contribution is -0.158. The third kappa shape index (κ3) is 5.71. The zero-order valence-corrected chi connectivity index (χ0v) is 22.6. The van der Waals surface area contributed by atoms with Crippen LogP contribution in [0.15, 0.2) is 42.5 Å². The second-order valence-corrected chi connectivity index (χ2v) is 12.0. The van der Waals surface area contributed by atoms with Crippen molar-refractivity contribution in [2.24, 2.45) is 11.8 Å². The summed E-state index contributed by atoms with van der Waals surface area (Å²) in [5, 5.41) is 5.98. The van der Waals surface area contributed by atoms with Crippen LogP contribution in [0.25, 0.3) is 0 Å². The summed E-state index contributed by atoms with van der Waals surface area (Å²) in [5.74, 6) is -1.46. The smallest absolute Gasteiger partial charge is 0.247 e. The molecule has 1 saturated heterocycles. The van der Waals surface area contributed by atoms with E-state index in [2.05, 4.69) is 22.8 Å². The molecule has 0 aromatic heterocycles. The molecule has 1 aliphatic carbocycles. The number of hydrogen-bond donors (Lipinski definition) is 2. The van der Waals surface area contributed by atoms with E-state index in [0.717, 1.165) is 0 Å². The minimum absolute atomic E-state index is 0.0967. The minimum Gasteiger partial charge on any atom is -0.349 e. The van der Waals surface area contributed by atoms with Crippen molar-refractivity contribution in [2.75, 3.05) is 0 Å². The van der Waals surface area contributed by atoms with Crippen LogP contribution in [0.5, 0.6) is 0 Å². The van der Waals surface area contributed by atoms with E-state index in [1.165, 1.54) is 22.1 Å². The molecule has 0 saturated carbocycles. The van der Waals surface area contributed by atoms with Gasteiger partial charge in [0.05, 0.1) is 0 Å². The maximum Gasteiger partial charge on any atom is 0.247 e. The first-order valence-electron chi connectivity index (χ1n) is 13.1. The highest BCUT2D eigenvalue weighted by molar-refractivity contribution is 6.00. The lowest BCUT2D eigenvalue weighted by Gasteiger charge is -2.45. The van der Waals surface area contributed by atoms with Gasteiger partial charge in [-0.15, -0.1) is 0 Å². The molecule has 3 atom stereocenters. The molecule has 1 fully saturated rings. The van der Waals surface area contributed by atoms with E-state index in [4.69, 9.17) is 0 Å². The molecule has 4 rings (SSSR count). The van der Waals surface area contributed by atoms with Gasteiger partial charge in [-0.2, -0.15) is 0 Å². The number of carbonyl (C=O) groups is 3. The summed E-state index contributed by atoms with van der Waals surface area (Å²) in [7, 11) is 0. The fraction of sp³-hybridized carbons (Fsp3) is 0.500. The van der Waals surface area contributed by atoms with Gasteiger partial charge < -0.3 is 15.5 Å². The molecule has 0 unspecified atom stereocenters. The third-order valence-electron chi connectivity index (χ3n) is 7.24. The van der Waals surface area contributed by atoms with E-state index in [1.807, 2.05) is 46.8 Å². The van der Waals surface area contributed by atoms with Crippen LogP contribution in [-0.4, -0.2) is 40.2 Å². The summed E-state index contributed by atoms with van der Waals surface area (Å²) in [6.45, 7) is 11.2. The molecule has 7 heteroatoms. The Morgan fingerprint density at radius 2 is 1.73 bits per heavy atom. The second kappa shape index (κ2) is 10.3. The Labute approximate surface area is 219 Å². The molecule has 3 amide bonds. The molecule has 6 nitrogen and oxygen atoms in total. The molecule has 2 N–H and O–H groups in total. The average Bonchev–Trinajstić information content (AvgIpc) is 3.23. The molecule has 198 valence electrons. The highest BCUT2D eigenvalue weighted by atomic mass is 19.1. The van der Waals surface area contributed by atoms with E-state index in [9.17, 15) is 18.8 Å². The van der Waals surface area contributed by atoms with E-state index >= 15 is 0 Å². The number of amides is 3. The van der Waals surface area contributed by atoms with Crippen molar-refractivity contribution in [3.63, 3.8) is 0 Å². The molecule has 0 radical (unpaired) electrons. The van der Waals surface area contributed by atoms with Crippen LogP contribution in [0, 0.1) is 24.6 Å². The van der Waals surface area contributed by atoms with Crippen LogP contribution in [0.1, 0.15) is 69.3 Å². The second-order valence-electron chi connectivity index (χ2n) is 12.0. The summed E-state index contributed by atoms with van der Waals surface area (Å²) >= 11 is 0. The van der Waals surface area contributed by atoms with Crippen molar-refractivity contribution in [3.8, 4) is 0 Å². The maximum absolute atomic E-state index is 14.7. The number of aryl methyl sites for hydroxylation is 1. The minimum atomic E-state index is -1.14. The zero-order chi connectivity index (χ0) is 27.1. The summed E-state index contributed by atoms with van der Waals surface area (Å²) in [5.41, 5.74) is 2.57. The summed E-state index contributed by atoms with van der Waals surface area (Å²) in [4.78, 5) is 43.1. The van der Waals surface area contributed by atoms with Gasteiger partial charge in [0.15, 0.2) is 0 Å². The molecular formula is C30H38FN3O3. The molecule has 37 heavy (non-hydrogen) atoms. The fourth-order valence-electron chi connectivity index (χ4n) is 5.53. The average molecular weight is 508 g/mol. The zero-order valence-electron chi connectivity index (χ0n) is 22.6. The lowest BCUT2D eigenvalue weighted by atomic mass is 9.87. The number of hydrogen-bond acceptors (Lipinski definition) is 3. The Bertz CT molecular complexity index is 1180. The topological polar surface area (TPSA) is 78.5 Å². The SMILES string of the molecule is Cc1ccc([C@H](C(=O)NC(C)(C)C)N2C(=O)[C@@H](C3Cc4ccccc4C3)NC(=O)[C@H]2CC(C)C)cc1F. The van der Waals surface area contributed by atoms with Gasteiger partial charge in [0.25, 0.3) is 0 Å². The van der Waals surface area contributed by atoms with E-state index in [-0.39, 0.29) is 23.7 Å². The number of carbonyl (C=O) groups excluding carboxylic acids is 3. The molecule has 0 spiro atoms. The van der Waals surface area contributed by atoms with E-state index in [1.54, 1.807) is 19.1 Å². The third-order valence-corrected chi connectivity index (χ3v) is 7.24. The quantitative estimate of drug-likeness (QED) is 0.614. The number of halogens is 1. The normalized spacial score (nSPS) is 21.1. The Balaban J connectivity index is 1.78. The Morgan fingerprint density at radius 1 is 1.11 bits per heavy atom. The number of piperazine rings is 1. The van der Waals surface area contributed by atoms with Crippen molar-refractivity contribution in [1.29, 1.82) is 0 Å². The number of fused-ring (bicyclic) bond motifs is 1. The van der Waals surface area contributed by atoms with Crippen LogP contribution >= 0.6 is 0 Å². The number of benzene rings is 2. The van der Waals surface area contributed by atoms with Gasteiger partial charge in [-0.05, 0) is 87.1 Å². The van der Waals surface area contributed by atoms with E-state index < -0.39 is 35.4 Å². The number of nitrogens with zero attached hydrogens (tertiary/aromatic N) is 1. The molecule has 1 heterocycles. The molecule has 2 aromatic rings. The van der Waals surface area contributed by atoms with Crippen LogP contribution in [0.2, 0.25) is 0 Å². The first-order chi connectivity index (χ1) is 17.4. The van der Waals surface area contributed by atoms with Crippen molar-refractivity contribution in [3.05, 3.63) is 70.5 Å². The highest BCUT2D eigenvalue weighted by Crippen LogP contribution is 2.36. The van der Waals surface area contributed by atoms with Gasteiger partial charge >= 0.3 is 0 Å². The Kier molecular flexibility index (Phi) is 7.45. The Morgan fingerprint density at radius 3 is 2.27 bits per heavy atom. The van der Waals surface area contributed by atoms with Crippen LogP contribution < -0.4 is 10.6 Å². The summed E-state index contributed by atoms with van der Waals surface area (Å²) in [6, 6.07) is 9.93. The fourth-order valence-corrected chi connectivity index (χ4v) is 5.53. The van der Waals surface area contributed by atoms with Gasteiger partial charge in [-0.3, -0.25) is 14.4 Å². The van der Waals surface area contributed by atoms with Crippen molar-refractivity contribution < 1.29 is 18.8 Å². The lowest BCUT2D eigenvalue weighted by Crippen LogP contribution is -2.67.